The lowest BCUT2D eigenvalue weighted by molar-refractivity contribution is -0.385. The van der Waals surface area contributed by atoms with Crippen LogP contribution in [0.1, 0.15) is 25.5 Å². The molecule has 1 aromatic rings. The molecule has 1 aromatic heterocycles. The van der Waals surface area contributed by atoms with E-state index in [9.17, 15) is 14.9 Å². The number of hydrogen-bond donors (Lipinski definition) is 2. The number of nitro groups is 1. The molecular formula is C12H17N3O4. The predicted octanol–water partition coefficient (Wildman–Crippen LogP) is 2.21. The first-order valence-corrected chi connectivity index (χ1v) is 5.98. The Morgan fingerprint density at radius 1 is 1.58 bits per heavy atom. The number of carboxylic acid groups (broad SMARTS) is 1. The van der Waals surface area contributed by atoms with Crippen LogP contribution in [0.15, 0.2) is 12.1 Å². The van der Waals surface area contributed by atoms with E-state index in [1.165, 1.54) is 6.07 Å². The molecule has 7 heteroatoms. The fourth-order valence-corrected chi connectivity index (χ4v) is 1.60. The fourth-order valence-electron chi connectivity index (χ4n) is 1.60. The lowest BCUT2D eigenvalue weighted by Gasteiger charge is -2.12. The molecule has 1 unspecified atom stereocenters. The second-order valence-corrected chi connectivity index (χ2v) is 4.48. The summed E-state index contributed by atoms with van der Waals surface area (Å²) in [7, 11) is 0. The molecule has 7 nitrogen and oxygen atoms in total. The first-order chi connectivity index (χ1) is 8.90. The van der Waals surface area contributed by atoms with E-state index >= 15 is 0 Å². The lowest BCUT2D eigenvalue weighted by Crippen LogP contribution is -2.13. The smallest absolute Gasteiger partial charge is 0.303 e. The van der Waals surface area contributed by atoms with E-state index in [4.69, 9.17) is 5.11 Å². The Morgan fingerprint density at radius 2 is 2.26 bits per heavy atom. The van der Waals surface area contributed by atoms with Gasteiger partial charge in [0.2, 0.25) is 0 Å². The second-order valence-electron chi connectivity index (χ2n) is 4.48. The zero-order valence-corrected chi connectivity index (χ0v) is 10.9. The summed E-state index contributed by atoms with van der Waals surface area (Å²) in [5, 5.41) is 22.3. The minimum Gasteiger partial charge on any atom is -0.481 e. The van der Waals surface area contributed by atoms with Gasteiger partial charge in [0.05, 0.1) is 4.92 Å². The number of aryl methyl sites for hydroxylation is 1. The number of hydrogen-bond acceptors (Lipinski definition) is 5. The normalized spacial score (nSPS) is 11.9. The highest BCUT2D eigenvalue weighted by Gasteiger charge is 2.12. The first-order valence-electron chi connectivity index (χ1n) is 5.98. The van der Waals surface area contributed by atoms with Gasteiger partial charge in [-0.25, -0.2) is 4.98 Å². The van der Waals surface area contributed by atoms with Crippen molar-refractivity contribution in [3.05, 3.63) is 27.9 Å². The van der Waals surface area contributed by atoms with Crippen molar-refractivity contribution in [1.29, 1.82) is 0 Å². The third kappa shape index (κ3) is 4.90. The van der Waals surface area contributed by atoms with Crippen LogP contribution < -0.4 is 5.32 Å². The van der Waals surface area contributed by atoms with Gasteiger partial charge in [0.15, 0.2) is 0 Å². The molecule has 0 amide bonds. The van der Waals surface area contributed by atoms with Crippen LogP contribution in [0.4, 0.5) is 11.5 Å². The zero-order chi connectivity index (χ0) is 14.4. The molecule has 0 aliphatic heterocycles. The van der Waals surface area contributed by atoms with E-state index in [1.807, 2.05) is 6.92 Å². The van der Waals surface area contributed by atoms with Crippen molar-refractivity contribution in [2.24, 2.45) is 5.92 Å². The Bertz CT molecular complexity index is 476. The van der Waals surface area contributed by atoms with Crippen LogP contribution in [0.2, 0.25) is 0 Å². The average Bonchev–Trinajstić information content (AvgIpc) is 2.33. The number of nitrogens with one attached hydrogen (secondary N) is 1. The van der Waals surface area contributed by atoms with Crippen molar-refractivity contribution in [2.45, 2.75) is 26.7 Å². The highest BCUT2D eigenvalue weighted by atomic mass is 16.6. The summed E-state index contributed by atoms with van der Waals surface area (Å²) in [6.07, 6.45) is 0.712. The maximum absolute atomic E-state index is 10.6. The highest BCUT2D eigenvalue weighted by molar-refractivity contribution is 5.66. The third-order valence-electron chi connectivity index (χ3n) is 2.74. The standard InChI is InChI=1S/C12H17N3O4/c1-8(3-6-12(16)17)7-13-11-5-4-10(15(18)19)9(2)14-11/h4-5,8H,3,6-7H2,1-2H3,(H,13,14)(H,16,17). The van der Waals surface area contributed by atoms with Crippen LogP contribution in [0.3, 0.4) is 0 Å². The Kier molecular flexibility index (Phi) is 5.23. The maximum Gasteiger partial charge on any atom is 0.303 e. The molecule has 0 radical (unpaired) electrons. The van der Waals surface area contributed by atoms with Crippen LogP contribution in [0.5, 0.6) is 0 Å². The van der Waals surface area contributed by atoms with E-state index < -0.39 is 10.9 Å². The van der Waals surface area contributed by atoms with E-state index in [2.05, 4.69) is 10.3 Å². The quantitative estimate of drug-likeness (QED) is 0.579. The molecule has 19 heavy (non-hydrogen) atoms. The molecule has 0 fully saturated rings. The fraction of sp³-hybridized carbons (Fsp3) is 0.500. The monoisotopic (exact) mass is 267 g/mol. The van der Waals surface area contributed by atoms with Gasteiger partial charge in [-0.3, -0.25) is 14.9 Å². The largest absolute Gasteiger partial charge is 0.481 e. The minimum atomic E-state index is -0.809. The van der Waals surface area contributed by atoms with Crippen molar-refractivity contribution in [1.82, 2.24) is 4.98 Å². The van der Waals surface area contributed by atoms with E-state index in [0.29, 0.717) is 24.5 Å². The Balaban J connectivity index is 2.52. The summed E-state index contributed by atoms with van der Waals surface area (Å²) in [5.41, 5.74) is 0.345. The second kappa shape index (κ2) is 6.67. The number of aliphatic carboxylic acids is 1. The molecule has 0 saturated carbocycles. The SMILES string of the molecule is Cc1nc(NCC(C)CCC(=O)O)ccc1[N+](=O)[O-]. The maximum atomic E-state index is 10.6. The summed E-state index contributed by atoms with van der Waals surface area (Å²) in [4.78, 5) is 24.7. The molecule has 104 valence electrons. The van der Waals surface area contributed by atoms with Crippen molar-refractivity contribution in [3.63, 3.8) is 0 Å². The minimum absolute atomic E-state index is 0.00974. The van der Waals surface area contributed by atoms with Crippen molar-refractivity contribution in [3.8, 4) is 0 Å². The number of anilines is 1. The van der Waals surface area contributed by atoms with E-state index in [0.717, 1.165) is 0 Å². The van der Waals surface area contributed by atoms with Gasteiger partial charge in [0.1, 0.15) is 11.5 Å². The average molecular weight is 267 g/mol. The summed E-state index contributed by atoms with van der Waals surface area (Å²) < 4.78 is 0. The van der Waals surface area contributed by atoms with Crippen molar-refractivity contribution < 1.29 is 14.8 Å². The molecule has 0 bridgehead atoms. The van der Waals surface area contributed by atoms with Crippen molar-refractivity contribution in [2.75, 3.05) is 11.9 Å². The Morgan fingerprint density at radius 3 is 2.79 bits per heavy atom. The number of nitrogens with zero attached hydrogens (tertiary/aromatic N) is 2. The Hall–Kier alpha value is -2.18. The molecular weight excluding hydrogens is 250 g/mol. The molecule has 1 rings (SSSR count). The van der Waals surface area contributed by atoms with Gasteiger partial charge in [0.25, 0.3) is 5.69 Å². The third-order valence-corrected chi connectivity index (χ3v) is 2.74. The number of carboxylic acids is 1. The summed E-state index contributed by atoms with van der Waals surface area (Å²) in [6, 6.07) is 2.96. The van der Waals surface area contributed by atoms with Gasteiger partial charge in [-0.1, -0.05) is 6.92 Å². The Labute approximate surface area is 110 Å². The van der Waals surface area contributed by atoms with Gasteiger partial charge in [-0.05, 0) is 25.3 Å². The van der Waals surface area contributed by atoms with Crippen molar-refractivity contribution >= 4 is 17.5 Å². The van der Waals surface area contributed by atoms with E-state index in [-0.39, 0.29) is 18.0 Å². The number of rotatable bonds is 7. The number of pyridine rings is 1. The van der Waals surface area contributed by atoms with Gasteiger partial charge < -0.3 is 10.4 Å². The molecule has 0 aromatic carbocycles. The highest BCUT2D eigenvalue weighted by Crippen LogP contribution is 2.18. The molecule has 0 aliphatic rings. The molecule has 2 N–H and O–H groups in total. The van der Waals surface area contributed by atoms with Crippen LogP contribution in [0, 0.1) is 23.0 Å². The van der Waals surface area contributed by atoms with Gasteiger partial charge in [-0.15, -0.1) is 0 Å². The topological polar surface area (TPSA) is 105 Å². The molecule has 1 heterocycles. The molecule has 1 atom stereocenters. The molecule has 0 spiro atoms. The van der Waals surface area contributed by atoms with Gasteiger partial charge in [-0.2, -0.15) is 0 Å². The van der Waals surface area contributed by atoms with Gasteiger partial charge >= 0.3 is 5.97 Å². The summed E-state index contributed by atoms with van der Waals surface area (Å²) in [5.74, 6) is -0.0603. The van der Waals surface area contributed by atoms with E-state index in [1.54, 1.807) is 13.0 Å². The number of carbonyl (C=O) groups is 1. The molecule has 0 aliphatic carbocycles. The van der Waals surface area contributed by atoms with Gasteiger partial charge in [0, 0.05) is 19.0 Å². The van der Waals surface area contributed by atoms with Crippen LogP contribution in [-0.2, 0) is 4.79 Å². The lowest BCUT2D eigenvalue weighted by atomic mass is 10.1. The van der Waals surface area contributed by atoms with Crippen LogP contribution in [-0.4, -0.2) is 27.5 Å². The first kappa shape index (κ1) is 14.9. The summed E-state index contributed by atoms with van der Waals surface area (Å²) >= 11 is 0. The summed E-state index contributed by atoms with van der Waals surface area (Å²) in [6.45, 7) is 4.10. The van der Waals surface area contributed by atoms with Crippen LogP contribution in [0.25, 0.3) is 0 Å². The molecule has 0 saturated heterocycles. The number of aromatic nitrogens is 1. The predicted molar refractivity (Wildman–Crippen MR) is 70.2 cm³/mol. The van der Waals surface area contributed by atoms with Crippen LogP contribution >= 0.6 is 0 Å². The zero-order valence-electron chi connectivity index (χ0n) is 10.9.